The summed E-state index contributed by atoms with van der Waals surface area (Å²) >= 11 is 0. The smallest absolute Gasteiger partial charge is 0.0397 e. The van der Waals surface area contributed by atoms with Crippen molar-refractivity contribution >= 4 is 5.69 Å². The van der Waals surface area contributed by atoms with Crippen LogP contribution in [0.5, 0.6) is 0 Å². The van der Waals surface area contributed by atoms with Gasteiger partial charge in [0.25, 0.3) is 0 Å². The minimum atomic E-state index is 0.737. The van der Waals surface area contributed by atoms with Crippen LogP contribution in [0.4, 0.5) is 5.69 Å². The molecule has 0 spiro atoms. The molecular formula is C16H24N2. The van der Waals surface area contributed by atoms with E-state index in [2.05, 4.69) is 42.4 Å². The highest BCUT2D eigenvalue weighted by atomic mass is 15.1. The molecule has 3 rings (SSSR count). The molecule has 0 aromatic heterocycles. The van der Waals surface area contributed by atoms with Gasteiger partial charge in [0.1, 0.15) is 0 Å². The predicted octanol–water partition coefficient (Wildman–Crippen LogP) is 2.96. The molecule has 2 atom stereocenters. The van der Waals surface area contributed by atoms with Crippen LogP contribution in [0.1, 0.15) is 37.3 Å². The minimum absolute atomic E-state index is 0.737. The van der Waals surface area contributed by atoms with Crippen LogP contribution < -0.4 is 10.2 Å². The molecule has 0 bridgehead atoms. The topological polar surface area (TPSA) is 15.3 Å². The molecule has 1 heterocycles. The largest absolute Gasteiger partial charge is 0.374 e. The first-order valence-corrected chi connectivity index (χ1v) is 7.30. The van der Waals surface area contributed by atoms with E-state index in [4.69, 9.17) is 0 Å². The van der Waals surface area contributed by atoms with E-state index in [9.17, 15) is 0 Å². The van der Waals surface area contributed by atoms with Gasteiger partial charge in [0, 0.05) is 31.9 Å². The van der Waals surface area contributed by atoms with Gasteiger partial charge < -0.3 is 10.2 Å². The summed E-state index contributed by atoms with van der Waals surface area (Å²) in [5.74, 6) is 0.852. The van der Waals surface area contributed by atoms with Crippen molar-refractivity contribution < 1.29 is 0 Å². The van der Waals surface area contributed by atoms with Crippen molar-refractivity contribution in [3.63, 3.8) is 0 Å². The van der Waals surface area contributed by atoms with Crippen LogP contribution >= 0.6 is 0 Å². The van der Waals surface area contributed by atoms with Crippen molar-refractivity contribution in [3.05, 3.63) is 29.3 Å². The third-order valence-electron chi connectivity index (χ3n) is 4.70. The third-order valence-corrected chi connectivity index (χ3v) is 4.70. The summed E-state index contributed by atoms with van der Waals surface area (Å²) in [4.78, 5) is 2.35. The van der Waals surface area contributed by atoms with Crippen LogP contribution in [0.2, 0.25) is 0 Å². The summed E-state index contributed by atoms with van der Waals surface area (Å²) in [5, 5.41) is 3.74. The molecule has 0 radical (unpaired) electrons. The van der Waals surface area contributed by atoms with Gasteiger partial charge in [-0.2, -0.15) is 0 Å². The first kappa shape index (κ1) is 12.0. The number of nitrogens with zero attached hydrogens (tertiary/aromatic N) is 1. The summed E-state index contributed by atoms with van der Waals surface area (Å²) in [7, 11) is 2.18. The Labute approximate surface area is 110 Å². The predicted molar refractivity (Wildman–Crippen MR) is 77.1 cm³/mol. The fourth-order valence-corrected chi connectivity index (χ4v) is 3.43. The number of hydrogen-bond acceptors (Lipinski definition) is 2. The number of benzene rings is 1. The van der Waals surface area contributed by atoms with Gasteiger partial charge >= 0.3 is 0 Å². The number of fused-ring (bicyclic) bond motifs is 1. The van der Waals surface area contributed by atoms with Gasteiger partial charge in [-0.1, -0.05) is 25.5 Å². The van der Waals surface area contributed by atoms with Crippen LogP contribution in [-0.2, 0) is 13.0 Å². The zero-order valence-corrected chi connectivity index (χ0v) is 11.6. The summed E-state index contributed by atoms with van der Waals surface area (Å²) in [6, 6.07) is 7.71. The van der Waals surface area contributed by atoms with Gasteiger partial charge in [0.2, 0.25) is 0 Å². The second kappa shape index (κ2) is 4.93. The van der Waals surface area contributed by atoms with Gasteiger partial charge in [-0.25, -0.2) is 0 Å². The number of rotatable bonds is 3. The normalized spacial score (nSPS) is 26.7. The van der Waals surface area contributed by atoms with E-state index in [1.165, 1.54) is 49.0 Å². The molecule has 2 unspecified atom stereocenters. The van der Waals surface area contributed by atoms with E-state index < -0.39 is 0 Å². The van der Waals surface area contributed by atoms with Crippen LogP contribution in [0.3, 0.4) is 0 Å². The van der Waals surface area contributed by atoms with Crippen LogP contribution in [0.25, 0.3) is 0 Å². The zero-order valence-electron chi connectivity index (χ0n) is 11.6. The summed E-state index contributed by atoms with van der Waals surface area (Å²) in [5.41, 5.74) is 4.40. The molecule has 1 aliphatic carbocycles. The fourth-order valence-electron chi connectivity index (χ4n) is 3.43. The summed E-state index contributed by atoms with van der Waals surface area (Å²) in [6.45, 7) is 4.58. The van der Waals surface area contributed by atoms with Crippen molar-refractivity contribution in [2.24, 2.45) is 5.92 Å². The quantitative estimate of drug-likeness (QED) is 0.879. The Balaban J connectivity index is 1.63. The van der Waals surface area contributed by atoms with Gasteiger partial charge in [0.05, 0.1) is 0 Å². The highest BCUT2D eigenvalue weighted by Crippen LogP contribution is 2.28. The van der Waals surface area contributed by atoms with Crippen LogP contribution in [-0.4, -0.2) is 19.6 Å². The Morgan fingerprint density at radius 3 is 3.00 bits per heavy atom. The van der Waals surface area contributed by atoms with Gasteiger partial charge in [0.15, 0.2) is 0 Å². The molecule has 2 aliphatic rings. The third kappa shape index (κ3) is 2.26. The maximum absolute atomic E-state index is 3.74. The first-order chi connectivity index (χ1) is 8.74. The molecule has 1 saturated carbocycles. The Morgan fingerprint density at radius 2 is 2.22 bits per heavy atom. The molecule has 1 fully saturated rings. The molecule has 2 heteroatoms. The molecule has 1 aromatic carbocycles. The molecule has 0 saturated heterocycles. The van der Waals surface area contributed by atoms with E-state index in [1.54, 1.807) is 0 Å². The SMILES string of the molecule is CC1CCCC1NCc1ccc2c(c1)CCN2C. The van der Waals surface area contributed by atoms with Gasteiger partial charge in [-0.15, -0.1) is 0 Å². The molecular weight excluding hydrogens is 220 g/mol. The van der Waals surface area contributed by atoms with E-state index in [-0.39, 0.29) is 0 Å². The van der Waals surface area contributed by atoms with E-state index in [0.717, 1.165) is 18.5 Å². The Morgan fingerprint density at radius 1 is 1.33 bits per heavy atom. The highest BCUT2D eigenvalue weighted by molar-refractivity contribution is 5.58. The lowest BCUT2D eigenvalue weighted by molar-refractivity contribution is 0.426. The fraction of sp³-hybridized carbons (Fsp3) is 0.625. The Bertz CT molecular complexity index is 427. The van der Waals surface area contributed by atoms with Crippen molar-refractivity contribution in [2.45, 2.75) is 45.2 Å². The zero-order chi connectivity index (χ0) is 12.5. The molecule has 98 valence electrons. The van der Waals surface area contributed by atoms with E-state index in [0.29, 0.717) is 0 Å². The lowest BCUT2D eigenvalue weighted by Crippen LogP contribution is -2.30. The summed E-state index contributed by atoms with van der Waals surface area (Å²) < 4.78 is 0. The monoisotopic (exact) mass is 244 g/mol. The molecule has 2 nitrogen and oxygen atoms in total. The Kier molecular flexibility index (Phi) is 3.29. The maximum atomic E-state index is 3.74. The van der Waals surface area contributed by atoms with Crippen LogP contribution in [0.15, 0.2) is 18.2 Å². The molecule has 1 aromatic rings. The Hall–Kier alpha value is -1.02. The van der Waals surface area contributed by atoms with Gasteiger partial charge in [-0.3, -0.25) is 0 Å². The average Bonchev–Trinajstić information content (AvgIpc) is 2.94. The second-order valence-corrected chi connectivity index (χ2v) is 6.03. The van der Waals surface area contributed by atoms with Crippen molar-refractivity contribution in [3.8, 4) is 0 Å². The average molecular weight is 244 g/mol. The van der Waals surface area contributed by atoms with Gasteiger partial charge in [-0.05, 0) is 42.4 Å². The minimum Gasteiger partial charge on any atom is -0.374 e. The number of nitrogens with one attached hydrogen (secondary N) is 1. The number of anilines is 1. The number of hydrogen-bond donors (Lipinski definition) is 1. The maximum Gasteiger partial charge on any atom is 0.0397 e. The lowest BCUT2D eigenvalue weighted by Gasteiger charge is -2.18. The van der Waals surface area contributed by atoms with Crippen molar-refractivity contribution in [2.75, 3.05) is 18.5 Å². The first-order valence-electron chi connectivity index (χ1n) is 7.30. The second-order valence-electron chi connectivity index (χ2n) is 6.03. The molecule has 1 N–H and O–H groups in total. The van der Waals surface area contributed by atoms with E-state index in [1.807, 2.05) is 0 Å². The van der Waals surface area contributed by atoms with Crippen molar-refractivity contribution in [1.29, 1.82) is 0 Å². The van der Waals surface area contributed by atoms with Crippen molar-refractivity contribution in [1.82, 2.24) is 5.32 Å². The van der Waals surface area contributed by atoms with E-state index >= 15 is 0 Å². The lowest BCUT2D eigenvalue weighted by atomic mass is 10.0. The standard InChI is InChI=1S/C16H24N2/c1-12-4-3-5-15(12)17-11-13-6-7-16-14(10-13)8-9-18(16)2/h6-7,10,12,15,17H,3-5,8-9,11H2,1-2H3. The van der Waals surface area contributed by atoms with Crippen LogP contribution in [0, 0.1) is 5.92 Å². The summed E-state index contributed by atoms with van der Waals surface area (Å²) in [6.07, 6.45) is 5.36. The molecule has 1 aliphatic heterocycles. The molecule has 18 heavy (non-hydrogen) atoms. The molecule has 0 amide bonds. The number of likely N-dealkylation sites (N-methyl/N-ethyl adjacent to an activating group) is 1. The highest BCUT2D eigenvalue weighted by Gasteiger charge is 2.22.